The molecule has 4 heteroatoms. The van der Waals surface area contributed by atoms with E-state index in [0.29, 0.717) is 12.3 Å². The number of nitrogens with zero attached hydrogens (tertiary/aromatic N) is 2. The minimum atomic E-state index is 0.135. The normalized spacial score (nSPS) is 20.1. The molecule has 1 N–H and O–H groups in total. The summed E-state index contributed by atoms with van der Waals surface area (Å²) in [6.07, 6.45) is 7.72. The third-order valence-corrected chi connectivity index (χ3v) is 5.40. The molecule has 1 heterocycles. The number of likely N-dealkylation sites (N-methyl/N-ethyl adjacent to an activating group) is 1. The predicted molar refractivity (Wildman–Crippen MR) is 94.1 cm³/mol. The molecule has 22 heavy (non-hydrogen) atoms. The van der Waals surface area contributed by atoms with Crippen molar-refractivity contribution in [2.24, 2.45) is 5.92 Å². The highest BCUT2D eigenvalue weighted by Crippen LogP contribution is 2.26. The van der Waals surface area contributed by atoms with Crippen LogP contribution in [0.5, 0.6) is 0 Å². The molecule has 0 aromatic carbocycles. The molecule has 0 aromatic heterocycles. The number of likely N-dealkylation sites (tertiary alicyclic amines) is 1. The molecule has 1 saturated heterocycles. The van der Waals surface area contributed by atoms with Crippen molar-refractivity contribution in [3.05, 3.63) is 0 Å². The summed E-state index contributed by atoms with van der Waals surface area (Å²) < 4.78 is 0. The van der Waals surface area contributed by atoms with E-state index in [-0.39, 0.29) is 11.4 Å². The zero-order chi connectivity index (χ0) is 16.6. The largest absolute Gasteiger partial charge is 0.354 e. The lowest BCUT2D eigenvalue weighted by atomic mass is 9.86. The Labute approximate surface area is 137 Å². The highest BCUT2D eigenvalue weighted by molar-refractivity contribution is 5.75. The summed E-state index contributed by atoms with van der Waals surface area (Å²) in [5.74, 6) is 0.889. The summed E-state index contributed by atoms with van der Waals surface area (Å²) in [6, 6.07) is 0. The predicted octanol–water partition coefficient (Wildman–Crippen LogP) is 2.74. The topological polar surface area (TPSA) is 35.6 Å². The molecule has 0 bridgehead atoms. The van der Waals surface area contributed by atoms with Gasteiger partial charge >= 0.3 is 0 Å². The van der Waals surface area contributed by atoms with Crippen LogP contribution in [-0.2, 0) is 4.79 Å². The number of unbranched alkanes of at least 4 members (excludes halogenated alkanes) is 1. The third kappa shape index (κ3) is 6.25. The fraction of sp³-hybridized carbons (Fsp3) is 0.944. The van der Waals surface area contributed by atoms with Crippen LogP contribution in [0.1, 0.15) is 58.8 Å². The standard InChI is InChI=1S/C18H37N3O/c1-6-7-8-16(2)9-10-17(22)19-15-18(20(3)4)11-13-21(5)14-12-18/h16H,6-15H2,1-5H3,(H,19,22). The average Bonchev–Trinajstić information content (AvgIpc) is 2.50. The summed E-state index contributed by atoms with van der Waals surface area (Å²) >= 11 is 0. The lowest BCUT2D eigenvalue weighted by molar-refractivity contribution is -0.122. The first-order valence-corrected chi connectivity index (χ1v) is 9.02. The van der Waals surface area contributed by atoms with Crippen LogP contribution in [0.25, 0.3) is 0 Å². The molecule has 0 spiro atoms. The van der Waals surface area contributed by atoms with Gasteiger partial charge in [0, 0.05) is 18.5 Å². The number of hydrogen-bond donors (Lipinski definition) is 1. The number of carbonyl (C=O) groups is 1. The molecular formula is C18H37N3O. The van der Waals surface area contributed by atoms with Crippen molar-refractivity contribution in [2.45, 2.75) is 64.3 Å². The van der Waals surface area contributed by atoms with Gasteiger partial charge in [-0.15, -0.1) is 0 Å². The van der Waals surface area contributed by atoms with E-state index in [4.69, 9.17) is 0 Å². The molecule has 1 rings (SSSR count). The molecule has 1 amide bonds. The van der Waals surface area contributed by atoms with E-state index >= 15 is 0 Å². The van der Waals surface area contributed by atoms with Crippen molar-refractivity contribution in [3.63, 3.8) is 0 Å². The highest BCUT2D eigenvalue weighted by atomic mass is 16.1. The van der Waals surface area contributed by atoms with E-state index in [0.717, 1.165) is 38.9 Å². The Kier molecular flexibility index (Phi) is 8.40. The Bertz CT molecular complexity index is 322. The maximum Gasteiger partial charge on any atom is 0.220 e. The Balaban J connectivity index is 2.34. The van der Waals surface area contributed by atoms with Gasteiger partial charge in [-0.1, -0.05) is 33.1 Å². The molecule has 0 aliphatic carbocycles. The molecule has 4 nitrogen and oxygen atoms in total. The van der Waals surface area contributed by atoms with E-state index in [1.807, 2.05) is 0 Å². The number of rotatable bonds is 9. The maximum absolute atomic E-state index is 12.2. The van der Waals surface area contributed by atoms with Crippen molar-refractivity contribution < 1.29 is 4.79 Å². The van der Waals surface area contributed by atoms with Crippen LogP contribution in [0.15, 0.2) is 0 Å². The summed E-state index contributed by atoms with van der Waals surface area (Å²) in [7, 11) is 6.46. The molecular weight excluding hydrogens is 274 g/mol. The number of amides is 1. The molecule has 0 saturated carbocycles. The van der Waals surface area contributed by atoms with Gasteiger partial charge in [-0.2, -0.15) is 0 Å². The summed E-state index contributed by atoms with van der Waals surface area (Å²) in [6.45, 7) is 7.50. The molecule has 0 aromatic rings. The molecule has 1 aliphatic heterocycles. The minimum Gasteiger partial charge on any atom is -0.354 e. The smallest absolute Gasteiger partial charge is 0.220 e. The van der Waals surface area contributed by atoms with Gasteiger partial charge in [0.05, 0.1) is 0 Å². The van der Waals surface area contributed by atoms with Crippen molar-refractivity contribution in [2.75, 3.05) is 40.8 Å². The van der Waals surface area contributed by atoms with E-state index < -0.39 is 0 Å². The second-order valence-electron chi connectivity index (χ2n) is 7.48. The lowest BCUT2D eigenvalue weighted by Gasteiger charge is -2.45. The monoisotopic (exact) mass is 311 g/mol. The second-order valence-corrected chi connectivity index (χ2v) is 7.48. The first kappa shape index (κ1) is 19.4. The molecule has 130 valence electrons. The Morgan fingerprint density at radius 1 is 1.27 bits per heavy atom. The first-order chi connectivity index (χ1) is 10.4. The van der Waals surface area contributed by atoms with Crippen LogP contribution in [0, 0.1) is 5.92 Å². The maximum atomic E-state index is 12.2. The van der Waals surface area contributed by atoms with Gasteiger partial charge in [0.25, 0.3) is 0 Å². The minimum absolute atomic E-state index is 0.135. The first-order valence-electron chi connectivity index (χ1n) is 9.02. The molecule has 1 aliphatic rings. The van der Waals surface area contributed by atoms with Gasteiger partial charge in [-0.25, -0.2) is 0 Å². The van der Waals surface area contributed by atoms with Crippen LogP contribution < -0.4 is 5.32 Å². The molecule has 0 radical (unpaired) electrons. The fourth-order valence-corrected chi connectivity index (χ4v) is 3.24. The van der Waals surface area contributed by atoms with E-state index in [1.165, 1.54) is 19.3 Å². The van der Waals surface area contributed by atoms with E-state index in [2.05, 4.69) is 50.1 Å². The van der Waals surface area contributed by atoms with Crippen LogP contribution in [0.3, 0.4) is 0 Å². The quantitative estimate of drug-likeness (QED) is 0.711. The number of nitrogens with one attached hydrogen (secondary N) is 1. The van der Waals surface area contributed by atoms with Gasteiger partial charge in [0.15, 0.2) is 0 Å². The molecule has 1 unspecified atom stereocenters. The third-order valence-electron chi connectivity index (χ3n) is 5.40. The van der Waals surface area contributed by atoms with Crippen LogP contribution in [0.2, 0.25) is 0 Å². The van der Waals surface area contributed by atoms with Gasteiger partial charge in [0.1, 0.15) is 0 Å². The highest BCUT2D eigenvalue weighted by Gasteiger charge is 2.35. The van der Waals surface area contributed by atoms with Crippen molar-refractivity contribution in [1.29, 1.82) is 0 Å². The zero-order valence-corrected chi connectivity index (χ0v) is 15.5. The summed E-state index contributed by atoms with van der Waals surface area (Å²) in [5, 5.41) is 3.20. The Morgan fingerprint density at radius 3 is 2.45 bits per heavy atom. The van der Waals surface area contributed by atoms with Gasteiger partial charge in [-0.05, 0) is 59.4 Å². The van der Waals surface area contributed by atoms with Gasteiger partial charge < -0.3 is 15.1 Å². The Morgan fingerprint density at radius 2 is 1.91 bits per heavy atom. The van der Waals surface area contributed by atoms with Crippen LogP contribution >= 0.6 is 0 Å². The zero-order valence-electron chi connectivity index (χ0n) is 15.5. The Hall–Kier alpha value is -0.610. The number of hydrogen-bond acceptors (Lipinski definition) is 3. The van der Waals surface area contributed by atoms with Crippen molar-refractivity contribution in [1.82, 2.24) is 15.1 Å². The average molecular weight is 312 g/mol. The number of carbonyl (C=O) groups excluding carboxylic acids is 1. The molecule has 1 fully saturated rings. The van der Waals surface area contributed by atoms with Gasteiger partial charge in [-0.3, -0.25) is 4.79 Å². The van der Waals surface area contributed by atoms with Crippen molar-refractivity contribution >= 4 is 5.91 Å². The fourth-order valence-electron chi connectivity index (χ4n) is 3.24. The second kappa shape index (κ2) is 9.51. The summed E-state index contributed by atoms with van der Waals surface area (Å²) in [5.41, 5.74) is 0.135. The van der Waals surface area contributed by atoms with E-state index in [1.54, 1.807) is 0 Å². The van der Waals surface area contributed by atoms with Crippen LogP contribution in [0.4, 0.5) is 0 Å². The SMILES string of the molecule is CCCCC(C)CCC(=O)NCC1(N(C)C)CCN(C)CC1. The molecule has 1 atom stereocenters. The lowest BCUT2D eigenvalue weighted by Crippen LogP contribution is -2.57. The summed E-state index contributed by atoms with van der Waals surface area (Å²) in [4.78, 5) is 16.8. The number of piperidine rings is 1. The van der Waals surface area contributed by atoms with E-state index in [9.17, 15) is 4.79 Å². The van der Waals surface area contributed by atoms with Crippen LogP contribution in [-0.4, -0.2) is 62.0 Å². The van der Waals surface area contributed by atoms with Gasteiger partial charge in [0.2, 0.25) is 5.91 Å². The van der Waals surface area contributed by atoms with Crippen molar-refractivity contribution in [3.8, 4) is 0 Å².